The summed E-state index contributed by atoms with van der Waals surface area (Å²) in [6, 6.07) is 0. The third-order valence-electron chi connectivity index (χ3n) is 3.29. The van der Waals surface area contributed by atoms with Crippen molar-refractivity contribution in [2.24, 2.45) is 0 Å². The monoisotopic (exact) mass is 271 g/mol. The smallest absolute Gasteiger partial charge is 0.223 e. The first kappa shape index (κ1) is 15.5. The number of carbonyl (C=O) groups excluding carboxylic acids is 2. The Balaban J connectivity index is 2.11. The van der Waals surface area contributed by atoms with Gasteiger partial charge in [0.25, 0.3) is 0 Å². The molecule has 4 heteroatoms. The summed E-state index contributed by atoms with van der Waals surface area (Å²) in [5.41, 5.74) is 0. The van der Waals surface area contributed by atoms with E-state index >= 15 is 0 Å². The first-order valence-corrected chi connectivity index (χ1v) is 7.96. The van der Waals surface area contributed by atoms with Gasteiger partial charge in [-0.05, 0) is 6.42 Å². The van der Waals surface area contributed by atoms with E-state index in [2.05, 4.69) is 6.92 Å². The zero-order chi connectivity index (χ0) is 13.4. The SMILES string of the molecule is CCCCCCCCN1CC(SC(C)=O)CC1=O. The molecule has 18 heavy (non-hydrogen) atoms. The zero-order valence-electron chi connectivity index (χ0n) is 11.6. The number of nitrogens with zero attached hydrogens (tertiary/aromatic N) is 1. The highest BCUT2D eigenvalue weighted by Crippen LogP contribution is 2.24. The molecule has 104 valence electrons. The Morgan fingerprint density at radius 2 is 1.94 bits per heavy atom. The number of likely N-dealkylation sites (tertiary alicyclic amines) is 1. The molecule has 1 atom stereocenters. The second kappa shape index (κ2) is 8.57. The van der Waals surface area contributed by atoms with Crippen LogP contribution in [-0.2, 0) is 9.59 Å². The van der Waals surface area contributed by atoms with E-state index in [4.69, 9.17) is 0 Å². The predicted octanol–water partition coefficient (Wildman–Crippen LogP) is 3.23. The van der Waals surface area contributed by atoms with Crippen LogP contribution >= 0.6 is 11.8 Å². The van der Waals surface area contributed by atoms with E-state index in [0.717, 1.165) is 19.5 Å². The summed E-state index contributed by atoms with van der Waals surface area (Å²) in [7, 11) is 0. The van der Waals surface area contributed by atoms with Crippen LogP contribution in [0.15, 0.2) is 0 Å². The summed E-state index contributed by atoms with van der Waals surface area (Å²) in [6.45, 7) is 5.43. The molecule has 0 spiro atoms. The van der Waals surface area contributed by atoms with Gasteiger partial charge in [-0.15, -0.1) is 0 Å². The Morgan fingerprint density at radius 3 is 2.61 bits per heavy atom. The molecule has 1 aliphatic heterocycles. The number of amides is 1. The number of hydrogen-bond donors (Lipinski definition) is 0. The fourth-order valence-electron chi connectivity index (χ4n) is 2.35. The Labute approximate surface area is 115 Å². The van der Waals surface area contributed by atoms with E-state index < -0.39 is 0 Å². The van der Waals surface area contributed by atoms with Gasteiger partial charge in [0.15, 0.2) is 5.12 Å². The molecule has 1 rings (SSSR count). The minimum absolute atomic E-state index is 0.120. The van der Waals surface area contributed by atoms with Crippen LogP contribution in [0, 0.1) is 0 Å². The summed E-state index contributed by atoms with van der Waals surface area (Å²) >= 11 is 1.32. The highest BCUT2D eigenvalue weighted by Gasteiger charge is 2.30. The van der Waals surface area contributed by atoms with Crippen LogP contribution in [0.5, 0.6) is 0 Å². The lowest BCUT2D eigenvalue weighted by Gasteiger charge is -2.15. The second-order valence-corrected chi connectivity index (χ2v) is 6.52. The van der Waals surface area contributed by atoms with Crippen molar-refractivity contribution in [3.05, 3.63) is 0 Å². The Bertz CT molecular complexity index is 281. The first-order chi connectivity index (χ1) is 8.63. The van der Waals surface area contributed by atoms with Gasteiger partial charge < -0.3 is 4.90 Å². The van der Waals surface area contributed by atoms with Gasteiger partial charge in [0.1, 0.15) is 0 Å². The highest BCUT2D eigenvalue weighted by atomic mass is 32.2. The molecule has 3 nitrogen and oxygen atoms in total. The fraction of sp³-hybridized carbons (Fsp3) is 0.857. The molecule has 1 saturated heterocycles. The van der Waals surface area contributed by atoms with Crippen LogP contribution in [0.4, 0.5) is 0 Å². The van der Waals surface area contributed by atoms with Crippen LogP contribution in [0.2, 0.25) is 0 Å². The van der Waals surface area contributed by atoms with Gasteiger partial charge in [0.05, 0.1) is 0 Å². The largest absolute Gasteiger partial charge is 0.342 e. The van der Waals surface area contributed by atoms with Gasteiger partial charge in [-0.3, -0.25) is 9.59 Å². The molecular weight excluding hydrogens is 246 g/mol. The van der Waals surface area contributed by atoms with E-state index in [9.17, 15) is 9.59 Å². The first-order valence-electron chi connectivity index (χ1n) is 7.08. The van der Waals surface area contributed by atoms with Crippen molar-refractivity contribution >= 4 is 22.8 Å². The molecule has 1 fully saturated rings. The normalized spacial score (nSPS) is 19.6. The van der Waals surface area contributed by atoms with Gasteiger partial charge in [-0.1, -0.05) is 50.8 Å². The molecular formula is C14H25NO2S. The second-order valence-electron chi connectivity index (χ2n) is 5.04. The van der Waals surface area contributed by atoms with Crippen LogP contribution in [0.3, 0.4) is 0 Å². The Hall–Kier alpha value is -0.510. The molecule has 0 aromatic rings. The van der Waals surface area contributed by atoms with Crippen molar-refractivity contribution in [1.29, 1.82) is 0 Å². The maximum atomic E-state index is 11.7. The maximum absolute atomic E-state index is 11.7. The van der Waals surface area contributed by atoms with Crippen LogP contribution in [0.1, 0.15) is 58.8 Å². The predicted molar refractivity (Wildman–Crippen MR) is 76.6 cm³/mol. The molecule has 0 aliphatic carbocycles. The molecule has 1 aliphatic rings. The minimum atomic E-state index is 0.120. The average molecular weight is 271 g/mol. The van der Waals surface area contributed by atoms with Gasteiger partial charge in [-0.2, -0.15) is 0 Å². The molecule has 1 unspecified atom stereocenters. The van der Waals surface area contributed by atoms with E-state index in [0.29, 0.717) is 6.42 Å². The Morgan fingerprint density at radius 1 is 1.28 bits per heavy atom. The van der Waals surface area contributed by atoms with Crippen LogP contribution in [0.25, 0.3) is 0 Å². The molecule has 0 N–H and O–H groups in total. The number of rotatable bonds is 8. The summed E-state index contributed by atoms with van der Waals surface area (Å²) in [4.78, 5) is 24.7. The third-order valence-corrected chi connectivity index (χ3v) is 4.27. The molecule has 0 aromatic carbocycles. The summed E-state index contributed by atoms with van der Waals surface area (Å²) in [5.74, 6) is 0.224. The molecule has 1 heterocycles. The summed E-state index contributed by atoms with van der Waals surface area (Å²) < 4.78 is 0. The summed E-state index contributed by atoms with van der Waals surface area (Å²) in [5, 5.41) is 0.310. The zero-order valence-corrected chi connectivity index (χ0v) is 12.4. The number of carbonyl (C=O) groups is 2. The van der Waals surface area contributed by atoms with E-state index in [1.165, 1.54) is 43.9 Å². The minimum Gasteiger partial charge on any atom is -0.342 e. The average Bonchev–Trinajstić information content (AvgIpc) is 2.63. The van der Waals surface area contributed by atoms with Crippen molar-refractivity contribution in [3.63, 3.8) is 0 Å². The molecule has 0 aromatic heterocycles. The molecule has 1 amide bonds. The van der Waals surface area contributed by atoms with Crippen molar-refractivity contribution < 1.29 is 9.59 Å². The van der Waals surface area contributed by atoms with Gasteiger partial charge in [0, 0.05) is 31.7 Å². The van der Waals surface area contributed by atoms with Crippen molar-refractivity contribution in [3.8, 4) is 0 Å². The highest BCUT2D eigenvalue weighted by molar-refractivity contribution is 8.14. The maximum Gasteiger partial charge on any atom is 0.223 e. The lowest BCUT2D eigenvalue weighted by molar-refractivity contribution is -0.127. The van der Waals surface area contributed by atoms with E-state index in [1.807, 2.05) is 4.90 Å². The van der Waals surface area contributed by atoms with Gasteiger partial charge in [-0.25, -0.2) is 0 Å². The number of unbranched alkanes of at least 4 members (excludes halogenated alkanes) is 5. The lowest BCUT2D eigenvalue weighted by atomic mass is 10.1. The lowest BCUT2D eigenvalue weighted by Crippen LogP contribution is -2.26. The van der Waals surface area contributed by atoms with Gasteiger partial charge in [0.2, 0.25) is 5.91 Å². The van der Waals surface area contributed by atoms with Crippen molar-refractivity contribution in [2.75, 3.05) is 13.1 Å². The molecule has 0 bridgehead atoms. The van der Waals surface area contributed by atoms with Crippen molar-refractivity contribution in [2.45, 2.75) is 64.0 Å². The fourth-order valence-corrected chi connectivity index (χ4v) is 3.30. The quantitative estimate of drug-likeness (QED) is 0.636. The number of hydrogen-bond acceptors (Lipinski definition) is 3. The van der Waals surface area contributed by atoms with E-state index in [-0.39, 0.29) is 16.3 Å². The van der Waals surface area contributed by atoms with Gasteiger partial charge >= 0.3 is 0 Å². The van der Waals surface area contributed by atoms with Crippen LogP contribution in [-0.4, -0.2) is 34.3 Å². The van der Waals surface area contributed by atoms with Crippen molar-refractivity contribution in [1.82, 2.24) is 4.90 Å². The third kappa shape index (κ3) is 5.89. The summed E-state index contributed by atoms with van der Waals surface area (Å²) in [6.07, 6.45) is 8.05. The topological polar surface area (TPSA) is 37.4 Å². The standard InChI is InChI=1S/C14H25NO2S/c1-3-4-5-6-7-8-9-15-11-13(10-14(15)17)18-12(2)16/h13H,3-11H2,1-2H3. The van der Waals surface area contributed by atoms with E-state index in [1.54, 1.807) is 6.92 Å². The molecule has 0 radical (unpaired) electrons. The number of thioether (sulfide) groups is 1. The van der Waals surface area contributed by atoms with Crippen LogP contribution < -0.4 is 0 Å². The Kier molecular flexibility index (Phi) is 7.40. The molecule has 0 saturated carbocycles.